The highest BCUT2D eigenvalue weighted by atomic mass is 16.4. The molecule has 0 aromatic rings. The van der Waals surface area contributed by atoms with Gasteiger partial charge < -0.3 is 10.9 Å². The van der Waals surface area contributed by atoms with Gasteiger partial charge in [0, 0.05) is 14.1 Å². The van der Waals surface area contributed by atoms with Crippen molar-refractivity contribution in [1.29, 1.82) is 0 Å². The Labute approximate surface area is 71.0 Å². The van der Waals surface area contributed by atoms with Gasteiger partial charge in [0.15, 0.2) is 5.84 Å². The summed E-state index contributed by atoms with van der Waals surface area (Å²) >= 11 is 0. The molecule has 6 heteroatoms. The maximum Gasteiger partial charge on any atom is 0.244 e. The SMILES string of the molecule is CC(C(=O)NN(C)C)/C(N)=N/O. The number of nitrogens with two attached hydrogens (primary N) is 1. The molecule has 1 atom stereocenters. The molecule has 0 fully saturated rings. The monoisotopic (exact) mass is 174 g/mol. The van der Waals surface area contributed by atoms with Crippen LogP contribution < -0.4 is 11.2 Å². The molecule has 0 saturated heterocycles. The Morgan fingerprint density at radius 2 is 2.17 bits per heavy atom. The molecule has 0 aliphatic carbocycles. The van der Waals surface area contributed by atoms with Crippen molar-refractivity contribution in [2.75, 3.05) is 14.1 Å². The average molecular weight is 174 g/mol. The lowest BCUT2D eigenvalue weighted by Gasteiger charge is -2.15. The molecule has 70 valence electrons. The van der Waals surface area contributed by atoms with Crippen LogP contribution in [0.25, 0.3) is 0 Å². The third-order valence-electron chi connectivity index (χ3n) is 1.29. The summed E-state index contributed by atoms with van der Waals surface area (Å²) in [5, 5.41) is 12.5. The molecule has 1 unspecified atom stereocenters. The molecule has 0 radical (unpaired) electrons. The summed E-state index contributed by atoms with van der Waals surface area (Å²) in [5.41, 5.74) is 7.69. The Balaban J connectivity index is 4.11. The Morgan fingerprint density at radius 3 is 2.50 bits per heavy atom. The fourth-order valence-corrected chi connectivity index (χ4v) is 0.538. The second-order valence-electron chi connectivity index (χ2n) is 2.62. The number of hydrogen-bond acceptors (Lipinski definition) is 4. The van der Waals surface area contributed by atoms with Crippen LogP contribution in [0.4, 0.5) is 0 Å². The molecule has 0 bridgehead atoms. The van der Waals surface area contributed by atoms with Crippen LogP contribution in [-0.2, 0) is 4.79 Å². The van der Waals surface area contributed by atoms with Gasteiger partial charge in [-0.2, -0.15) is 0 Å². The minimum absolute atomic E-state index is 0.102. The zero-order chi connectivity index (χ0) is 9.72. The van der Waals surface area contributed by atoms with E-state index >= 15 is 0 Å². The lowest BCUT2D eigenvalue weighted by atomic mass is 10.1. The minimum Gasteiger partial charge on any atom is -0.409 e. The van der Waals surface area contributed by atoms with Gasteiger partial charge in [0.2, 0.25) is 5.91 Å². The zero-order valence-electron chi connectivity index (χ0n) is 7.40. The first-order valence-electron chi connectivity index (χ1n) is 3.44. The van der Waals surface area contributed by atoms with Crippen LogP contribution in [0, 0.1) is 5.92 Å². The van der Waals surface area contributed by atoms with Gasteiger partial charge in [-0.05, 0) is 6.92 Å². The molecular formula is C6H14N4O2. The van der Waals surface area contributed by atoms with E-state index in [9.17, 15) is 4.79 Å². The number of amidine groups is 1. The van der Waals surface area contributed by atoms with Crippen molar-refractivity contribution >= 4 is 11.7 Å². The number of amides is 1. The van der Waals surface area contributed by atoms with Crippen LogP contribution in [0.1, 0.15) is 6.92 Å². The maximum absolute atomic E-state index is 11.1. The molecule has 0 aliphatic heterocycles. The number of carbonyl (C=O) groups excluding carboxylic acids is 1. The highest BCUT2D eigenvalue weighted by Gasteiger charge is 2.17. The predicted octanol–water partition coefficient (Wildman–Crippen LogP) is -1.04. The minimum atomic E-state index is -0.627. The van der Waals surface area contributed by atoms with Gasteiger partial charge in [-0.1, -0.05) is 5.16 Å². The smallest absolute Gasteiger partial charge is 0.244 e. The van der Waals surface area contributed by atoms with E-state index in [1.54, 1.807) is 21.0 Å². The number of oxime groups is 1. The molecular weight excluding hydrogens is 160 g/mol. The average Bonchev–Trinajstić information content (AvgIpc) is 2.00. The van der Waals surface area contributed by atoms with Gasteiger partial charge in [-0.3, -0.25) is 10.2 Å². The third-order valence-corrected chi connectivity index (χ3v) is 1.29. The summed E-state index contributed by atoms with van der Waals surface area (Å²) in [6.07, 6.45) is 0. The van der Waals surface area contributed by atoms with Crippen LogP contribution in [0.3, 0.4) is 0 Å². The molecule has 0 heterocycles. The van der Waals surface area contributed by atoms with Crippen molar-refractivity contribution in [1.82, 2.24) is 10.4 Å². The molecule has 0 rings (SSSR count). The fraction of sp³-hybridized carbons (Fsp3) is 0.667. The second-order valence-corrected chi connectivity index (χ2v) is 2.62. The number of rotatable bonds is 3. The van der Waals surface area contributed by atoms with Crippen molar-refractivity contribution in [3.63, 3.8) is 0 Å². The molecule has 4 N–H and O–H groups in total. The van der Waals surface area contributed by atoms with Gasteiger partial charge in [0.25, 0.3) is 0 Å². The van der Waals surface area contributed by atoms with Gasteiger partial charge >= 0.3 is 0 Å². The van der Waals surface area contributed by atoms with Crippen molar-refractivity contribution in [2.24, 2.45) is 16.8 Å². The standard InChI is InChI=1S/C6H14N4O2/c1-4(5(7)9-12)6(11)8-10(2)3/h4,12H,1-3H3,(H2,7,9)(H,8,11). The van der Waals surface area contributed by atoms with Crippen molar-refractivity contribution in [3.05, 3.63) is 0 Å². The van der Waals surface area contributed by atoms with E-state index in [1.165, 1.54) is 5.01 Å². The highest BCUT2D eigenvalue weighted by molar-refractivity contribution is 6.01. The van der Waals surface area contributed by atoms with E-state index < -0.39 is 5.92 Å². The number of hydrogen-bond donors (Lipinski definition) is 3. The molecule has 6 nitrogen and oxygen atoms in total. The highest BCUT2D eigenvalue weighted by Crippen LogP contribution is 1.94. The number of nitrogens with zero attached hydrogens (tertiary/aromatic N) is 2. The van der Waals surface area contributed by atoms with Crippen molar-refractivity contribution in [2.45, 2.75) is 6.92 Å². The molecule has 0 saturated carbocycles. The molecule has 12 heavy (non-hydrogen) atoms. The molecule has 0 spiro atoms. The molecule has 0 aliphatic rings. The molecule has 0 aromatic heterocycles. The number of carbonyl (C=O) groups is 1. The van der Waals surface area contributed by atoms with Crippen LogP contribution in [0.2, 0.25) is 0 Å². The lowest BCUT2D eigenvalue weighted by Crippen LogP contribution is -2.43. The van der Waals surface area contributed by atoms with Crippen LogP contribution in [0.5, 0.6) is 0 Å². The summed E-state index contributed by atoms with van der Waals surface area (Å²) in [4.78, 5) is 11.1. The Bertz CT molecular complexity index is 190. The second kappa shape index (κ2) is 4.55. The quantitative estimate of drug-likeness (QED) is 0.220. The first kappa shape index (κ1) is 10.7. The first-order valence-corrected chi connectivity index (χ1v) is 3.44. The van der Waals surface area contributed by atoms with Gasteiger partial charge in [0.1, 0.15) is 0 Å². The van der Waals surface area contributed by atoms with E-state index in [0.717, 1.165) is 0 Å². The van der Waals surface area contributed by atoms with E-state index in [0.29, 0.717) is 0 Å². The number of hydrazine groups is 1. The molecule has 1 amide bonds. The Kier molecular flexibility index (Phi) is 4.06. The first-order chi connectivity index (χ1) is 5.49. The molecule has 0 aromatic carbocycles. The Hall–Kier alpha value is -1.30. The van der Waals surface area contributed by atoms with Gasteiger partial charge in [0.05, 0.1) is 5.92 Å². The normalized spacial score (nSPS) is 14.5. The van der Waals surface area contributed by atoms with Gasteiger partial charge in [-0.15, -0.1) is 0 Å². The van der Waals surface area contributed by atoms with E-state index in [-0.39, 0.29) is 11.7 Å². The third kappa shape index (κ3) is 3.20. The maximum atomic E-state index is 11.1. The van der Waals surface area contributed by atoms with Crippen LogP contribution in [-0.4, -0.2) is 36.1 Å². The van der Waals surface area contributed by atoms with Gasteiger partial charge in [-0.25, -0.2) is 5.01 Å². The van der Waals surface area contributed by atoms with Crippen LogP contribution >= 0.6 is 0 Å². The Morgan fingerprint density at radius 1 is 1.67 bits per heavy atom. The summed E-state index contributed by atoms with van der Waals surface area (Å²) in [5.74, 6) is -1.04. The summed E-state index contributed by atoms with van der Waals surface area (Å²) in [6.45, 7) is 1.55. The van der Waals surface area contributed by atoms with Crippen LogP contribution in [0.15, 0.2) is 5.16 Å². The summed E-state index contributed by atoms with van der Waals surface area (Å²) in [7, 11) is 3.35. The van der Waals surface area contributed by atoms with E-state index in [4.69, 9.17) is 10.9 Å². The van der Waals surface area contributed by atoms with E-state index in [1.807, 2.05) is 0 Å². The van der Waals surface area contributed by atoms with E-state index in [2.05, 4.69) is 10.6 Å². The topological polar surface area (TPSA) is 91.0 Å². The van der Waals surface area contributed by atoms with Crippen molar-refractivity contribution in [3.8, 4) is 0 Å². The predicted molar refractivity (Wildman–Crippen MR) is 44.4 cm³/mol. The zero-order valence-corrected chi connectivity index (χ0v) is 7.40. The van der Waals surface area contributed by atoms with Crippen molar-refractivity contribution < 1.29 is 10.0 Å². The summed E-state index contributed by atoms with van der Waals surface area (Å²) in [6, 6.07) is 0. The lowest BCUT2D eigenvalue weighted by molar-refractivity contribution is -0.126. The largest absolute Gasteiger partial charge is 0.409 e. The summed E-state index contributed by atoms with van der Waals surface area (Å²) < 4.78 is 0. The number of nitrogens with one attached hydrogen (secondary N) is 1. The fourth-order valence-electron chi connectivity index (χ4n) is 0.538.